The summed E-state index contributed by atoms with van der Waals surface area (Å²) >= 11 is 0. The van der Waals surface area contributed by atoms with Crippen molar-refractivity contribution in [2.75, 3.05) is 0 Å². The lowest BCUT2D eigenvalue weighted by Crippen LogP contribution is -2.03. The summed E-state index contributed by atoms with van der Waals surface area (Å²) in [6.45, 7) is 4.14. The number of nitriles is 1. The monoisotopic (exact) mass is 235 g/mol. The van der Waals surface area contributed by atoms with Crippen molar-refractivity contribution in [2.24, 2.45) is 0 Å². The molecule has 90 valence electrons. The minimum Gasteiger partial charge on any atom is -0.198 e. The van der Waals surface area contributed by atoms with Gasteiger partial charge in [-0.25, -0.2) is 0 Å². The van der Waals surface area contributed by atoms with E-state index in [2.05, 4.69) is 50.2 Å². The molecule has 1 heteroatoms. The predicted octanol–water partition coefficient (Wildman–Crippen LogP) is 4.15. The van der Waals surface area contributed by atoms with E-state index in [9.17, 15) is 5.26 Å². The number of hydrogen-bond acceptors (Lipinski definition) is 1. The Balaban J connectivity index is 2.29. The molecule has 0 amide bonds. The van der Waals surface area contributed by atoms with Gasteiger partial charge in [0.05, 0.1) is 12.0 Å². The Morgan fingerprint density at radius 1 is 1.06 bits per heavy atom. The van der Waals surface area contributed by atoms with Gasteiger partial charge in [0.15, 0.2) is 0 Å². The van der Waals surface area contributed by atoms with E-state index in [-0.39, 0.29) is 5.92 Å². The fourth-order valence-electron chi connectivity index (χ4n) is 2.21. The average molecular weight is 235 g/mol. The van der Waals surface area contributed by atoms with Crippen molar-refractivity contribution in [2.45, 2.75) is 26.2 Å². The fourth-order valence-corrected chi connectivity index (χ4v) is 2.21. The Morgan fingerprint density at radius 3 is 2.44 bits per heavy atom. The Labute approximate surface area is 109 Å². The maximum Gasteiger partial charge on any atom is 0.0755 e. The van der Waals surface area contributed by atoms with Crippen LogP contribution in [0.2, 0.25) is 0 Å². The summed E-state index contributed by atoms with van der Waals surface area (Å²) in [6.07, 6.45) is 0.779. The Hall–Kier alpha value is -2.07. The van der Waals surface area contributed by atoms with Crippen LogP contribution in [0.5, 0.6) is 0 Å². The third-order valence-electron chi connectivity index (χ3n) is 3.25. The van der Waals surface area contributed by atoms with E-state index in [1.165, 1.54) is 16.7 Å². The van der Waals surface area contributed by atoms with Crippen LogP contribution < -0.4 is 0 Å². The topological polar surface area (TPSA) is 23.8 Å². The molecule has 0 fully saturated rings. The molecule has 1 unspecified atom stereocenters. The predicted molar refractivity (Wildman–Crippen MR) is 74.4 cm³/mol. The first-order valence-electron chi connectivity index (χ1n) is 6.21. The summed E-state index contributed by atoms with van der Waals surface area (Å²) in [5.41, 5.74) is 4.78. The average Bonchev–Trinajstić information content (AvgIpc) is 2.40. The largest absolute Gasteiger partial charge is 0.198 e. The quantitative estimate of drug-likeness (QED) is 0.784. The van der Waals surface area contributed by atoms with E-state index in [4.69, 9.17) is 0 Å². The first kappa shape index (κ1) is 12.4. The zero-order chi connectivity index (χ0) is 13.0. The number of hydrogen-bond donors (Lipinski definition) is 0. The van der Waals surface area contributed by atoms with Gasteiger partial charge in [0, 0.05) is 0 Å². The lowest BCUT2D eigenvalue weighted by atomic mass is 9.89. The van der Waals surface area contributed by atoms with Crippen molar-refractivity contribution >= 4 is 0 Å². The molecule has 0 radical (unpaired) electrons. The van der Waals surface area contributed by atoms with Gasteiger partial charge in [-0.15, -0.1) is 0 Å². The lowest BCUT2D eigenvalue weighted by molar-refractivity contribution is 0.840. The molecule has 0 aromatic heterocycles. The van der Waals surface area contributed by atoms with Crippen LogP contribution in [0.4, 0.5) is 0 Å². The Morgan fingerprint density at radius 2 is 1.78 bits per heavy atom. The van der Waals surface area contributed by atoms with Crippen LogP contribution in [0.15, 0.2) is 48.5 Å². The summed E-state index contributed by atoms with van der Waals surface area (Å²) in [5, 5.41) is 9.41. The standard InChI is InChI=1S/C17H17N/c1-13-8-9-14(2)17(10-13)16(12-18)11-15-6-4-3-5-7-15/h3-10,16H,11H2,1-2H3. The zero-order valence-electron chi connectivity index (χ0n) is 10.9. The van der Waals surface area contributed by atoms with Gasteiger partial charge in [-0.05, 0) is 37.0 Å². The van der Waals surface area contributed by atoms with Crippen LogP contribution in [0.25, 0.3) is 0 Å². The van der Waals surface area contributed by atoms with Gasteiger partial charge in [0.1, 0.15) is 0 Å². The maximum absolute atomic E-state index is 9.41. The van der Waals surface area contributed by atoms with Gasteiger partial charge < -0.3 is 0 Å². The van der Waals surface area contributed by atoms with Crippen molar-refractivity contribution < 1.29 is 0 Å². The third kappa shape index (κ3) is 2.78. The van der Waals surface area contributed by atoms with Crippen LogP contribution in [0.1, 0.15) is 28.2 Å². The van der Waals surface area contributed by atoms with Gasteiger partial charge in [-0.2, -0.15) is 5.26 Å². The van der Waals surface area contributed by atoms with Gasteiger partial charge >= 0.3 is 0 Å². The SMILES string of the molecule is Cc1ccc(C)c(C(C#N)Cc2ccccc2)c1. The normalized spacial score (nSPS) is 11.8. The molecule has 0 aliphatic carbocycles. The van der Waals surface area contributed by atoms with Crippen molar-refractivity contribution in [3.63, 3.8) is 0 Å². The van der Waals surface area contributed by atoms with E-state index in [1.54, 1.807) is 0 Å². The first-order valence-corrected chi connectivity index (χ1v) is 6.21. The number of benzene rings is 2. The highest BCUT2D eigenvalue weighted by Crippen LogP contribution is 2.24. The van der Waals surface area contributed by atoms with E-state index in [0.717, 1.165) is 12.0 Å². The van der Waals surface area contributed by atoms with Crippen LogP contribution in [0, 0.1) is 25.2 Å². The Bertz CT molecular complexity index is 564. The van der Waals surface area contributed by atoms with Gasteiger partial charge in [-0.3, -0.25) is 0 Å². The molecule has 0 N–H and O–H groups in total. The summed E-state index contributed by atoms with van der Waals surface area (Å²) in [4.78, 5) is 0. The van der Waals surface area contributed by atoms with E-state index in [0.29, 0.717) is 0 Å². The van der Waals surface area contributed by atoms with Gasteiger partial charge in [-0.1, -0.05) is 54.1 Å². The number of rotatable bonds is 3. The molecule has 0 aliphatic rings. The van der Waals surface area contributed by atoms with Crippen LogP contribution >= 0.6 is 0 Å². The molecule has 0 heterocycles. The molecule has 0 bridgehead atoms. The number of nitrogens with zero attached hydrogens (tertiary/aromatic N) is 1. The van der Waals surface area contributed by atoms with Gasteiger partial charge in [0.2, 0.25) is 0 Å². The molecule has 0 saturated carbocycles. The van der Waals surface area contributed by atoms with Crippen molar-refractivity contribution in [1.29, 1.82) is 5.26 Å². The van der Waals surface area contributed by atoms with Crippen molar-refractivity contribution in [3.05, 3.63) is 70.8 Å². The molecule has 0 aliphatic heterocycles. The molecular weight excluding hydrogens is 218 g/mol. The molecule has 0 saturated heterocycles. The Kier molecular flexibility index (Phi) is 3.79. The first-order chi connectivity index (χ1) is 8.70. The maximum atomic E-state index is 9.41. The molecule has 1 nitrogen and oxygen atoms in total. The molecule has 0 spiro atoms. The van der Waals surface area contributed by atoms with E-state index >= 15 is 0 Å². The summed E-state index contributed by atoms with van der Waals surface area (Å²) in [7, 11) is 0. The molecule has 2 aromatic carbocycles. The zero-order valence-corrected chi connectivity index (χ0v) is 10.9. The fraction of sp³-hybridized carbons (Fsp3) is 0.235. The van der Waals surface area contributed by atoms with E-state index in [1.807, 2.05) is 18.2 Å². The second-order valence-electron chi connectivity index (χ2n) is 4.73. The van der Waals surface area contributed by atoms with Crippen LogP contribution in [0.3, 0.4) is 0 Å². The lowest BCUT2D eigenvalue weighted by Gasteiger charge is -2.13. The highest BCUT2D eigenvalue weighted by molar-refractivity contribution is 5.37. The molecule has 2 rings (SSSR count). The minimum absolute atomic E-state index is 0.0627. The number of aryl methyl sites for hydroxylation is 2. The van der Waals surface area contributed by atoms with Gasteiger partial charge in [0.25, 0.3) is 0 Å². The summed E-state index contributed by atoms with van der Waals surface area (Å²) in [6, 6.07) is 19.0. The summed E-state index contributed by atoms with van der Waals surface area (Å²) in [5.74, 6) is -0.0627. The van der Waals surface area contributed by atoms with E-state index < -0.39 is 0 Å². The second kappa shape index (κ2) is 5.51. The summed E-state index contributed by atoms with van der Waals surface area (Å²) < 4.78 is 0. The van der Waals surface area contributed by atoms with Crippen molar-refractivity contribution in [3.8, 4) is 6.07 Å². The van der Waals surface area contributed by atoms with Crippen LogP contribution in [-0.2, 0) is 6.42 Å². The molecular formula is C17H17N. The molecule has 18 heavy (non-hydrogen) atoms. The molecule has 1 atom stereocenters. The van der Waals surface area contributed by atoms with Crippen molar-refractivity contribution in [1.82, 2.24) is 0 Å². The van der Waals surface area contributed by atoms with Crippen LogP contribution in [-0.4, -0.2) is 0 Å². The second-order valence-corrected chi connectivity index (χ2v) is 4.73. The highest BCUT2D eigenvalue weighted by Gasteiger charge is 2.13. The highest BCUT2D eigenvalue weighted by atomic mass is 14.3. The molecule has 2 aromatic rings. The minimum atomic E-state index is -0.0627. The third-order valence-corrected chi connectivity index (χ3v) is 3.25. The smallest absolute Gasteiger partial charge is 0.0755 e.